The molecule has 1 aliphatic rings. The molecule has 0 saturated heterocycles. The van der Waals surface area contributed by atoms with Crippen LogP contribution in [0.3, 0.4) is 0 Å². The molecule has 0 spiro atoms. The van der Waals surface area contributed by atoms with E-state index < -0.39 is 0 Å². The number of rotatable bonds is 5. The first-order valence-electron chi connectivity index (χ1n) is 6.73. The second kappa shape index (κ2) is 6.54. The van der Waals surface area contributed by atoms with Crippen LogP contribution < -0.4 is 14.8 Å². The summed E-state index contributed by atoms with van der Waals surface area (Å²) in [6.07, 6.45) is 4.15. The maximum absolute atomic E-state index is 9.24. The van der Waals surface area contributed by atoms with E-state index in [1.54, 1.807) is 0 Å². The first-order valence-corrected chi connectivity index (χ1v) is 7.96. The van der Waals surface area contributed by atoms with Crippen LogP contribution in [0.5, 0.6) is 11.5 Å². The minimum absolute atomic E-state index is 0.279. The van der Waals surface area contributed by atoms with Crippen LogP contribution in [0.1, 0.15) is 11.1 Å². The molecule has 0 radical (unpaired) electrons. The number of thioether (sulfide) groups is 1. The Labute approximate surface area is 132 Å². The first-order chi connectivity index (χ1) is 10.8. The van der Waals surface area contributed by atoms with Gasteiger partial charge in [0.1, 0.15) is 28.8 Å². The lowest BCUT2D eigenvalue weighted by atomic mass is 10.1. The predicted octanol–water partition coefficient (Wildman–Crippen LogP) is 2.45. The molecule has 0 fully saturated rings. The van der Waals surface area contributed by atoms with E-state index in [0.29, 0.717) is 23.0 Å². The fraction of sp³-hybridized carbons (Fsp3) is 0.267. The van der Waals surface area contributed by atoms with Gasteiger partial charge in [-0.15, -0.1) is 11.8 Å². The molecule has 0 bridgehead atoms. The Kier molecular flexibility index (Phi) is 4.30. The Balaban J connectivity index is 1.65. The smallest absolute Gasteiger partial charge is 0.231 e. The number of nitriles is 1. The van der Waals surface area contributed by atoms with Crippen molar-refractivity contribution in [2.45, 2.75) is 11.4 Å². The van der Waals surface area contributed by atoms with Crippen LogP contribution in [0, 0.1) is 11.3 Å². The van der Waals surface area contributed by atoms with Crippen molar-refractivity contribution >= 4 is 17.6 Å². The minimum Gasteiger partial charge on any atom is -0.454 e. The van der Waals surface area contributed by atoms with Crippen molar-refractivity contribution in [1.29, 1.82) is 5.26 Å². The first kappa shape index (κ1) is 14.5. The number of benzene rings is 1. The van der Waals surface area contributed by atoms with E-state index in [2.05, 4.69) is 21.4 Å². The third kappa shape index (κ3) is 2.92. The summed E-state index contributed by atoms with van der Waals surface area (Å²) in [6.45, 7) is 0.945. The summed E-state index contributed by atoms with van der Waals surface area (Å²) >= 11 is 1.43. The van der Waals surface area contributed by atoms with Crippen molar-refractivity contribution in [3.05, 3.63) is 35.7 Å². The largest absolute Gasteiger partial charge is 0.454 e. The van der Waals surface area contributed by atoms with Gasteiger partial charge in [-0.05, 0) is 30.4 Å². The minimum atomic E-state index is 0.279. The SMILES string of the molecule is CSc1ncnc(NCCc2ccc3c(c2)OCO3)c1C#N. The molecule has 2 heterocycles. The number of hydrogen-bond donors (Lipinski definition) is 1. The summed E-state index contributed by atoms with van der Waals surface area (Å²) in [7, 11) is 0. The van der Waals surface area contributed by atoms with E-state index in [0.717, 1.165) is 23.5 Å². The number of ether oxygens (including phenoxy) is 2. The molecule has 1 aromatic heterocycles. The molecular weight excluding hydrogens is 300 g/mol. The molecule has 1 aromatic carbocycles. The van der Waals surface area contributed by atoms with Gasteiger partial charge in [0.05, 0.1) is 0 Å². The average molecular weight is 314 g/mol. The summed E-state index contributed by atoms with van der Waals surface area (Å²) in [5.74, 6) is 2.13. The molecule has 6 nitrogen and oxygen atoms in total. The number of fused-ring (bicyclic) bond motifs is 1. The van der Waals surface area contributed by atoms with Gasteiger partial charge in [0.2, 0.25) is 6.79 Å². The Bertz CT molecular complexity index is 730. The topological polar surface area (TPSA) is 80.1 Å². The molecule has 1 aliphatic heterocycles. The number of nitrogens with zero attached hydrogens (tertiary/aromatic N) is 3. The zero-order valence-corrected chi connectivity index (χ0v) is 12.8. The molecule has 0 saturated carbocycles. The van der Waals surface area contributed by atoms with Crippen molar-refractivity contribution in [1.82, 2.24) is 9.97 Å². The highest BCUT2D eigenvalue weighted by Gasteiger charge is 2.13. The Hall–Kier alpha value is -2.46. The fourth-order valence-electron chi connectivity index (χ4n) is 2.18. The van der Waals surface area contributed by atoms with Crippen molar-refractivity contribution in [3.8, 4) is 17.6 Å². The molecule has 0 atom stereocenters. The lowest BCUT2D eigenvalue weighted by molar-refractivity contribution is 0.174. The van der Waals surface area contributed by atoms with Gasteiger partial charge < -0.3 is 14.8 Å². The van der Waals surface area contributed by atoms with E-state index in [-0.39, 0.29) is 6.79 Å². The van der Waals surface area contributed by atoms with Crippen LogP contribution in [0.15, 0.2) is 29.6 Å². The number of anilines is 1. The number of hydrogen-bond acceptors (Lipinski definition) is 7. The van der Waals surface area contributed by atoms with Crippen LogP contribution in [-0.2, 0) is 6.42 Å². The molecule has 0 unspecified atom stereocenters. The van der Waals surface area contributed by atoms with Gasteiger partial charge in [0.15, 0.2) is 11.5 Å². The predicted molar refractivity (Wildman–Crippen MR) is 83.3 cm³/mol. The van der Waals surface area contributed by atoms with Crippen molar-refractivity contribution in [2.75, 3.05) is 24.9 Å². The highest BCUT2D eigenvalue weighted by Crippen LogP contribution is 2.32. The summed E-state index contributed by atoms with van der Waals surface area (Å²) in [4.78, 5) is 8.24. The monoisotopic (exact) mass is 314 g/mol. The Morgan fingerprint density at radius 3 is 3.00 bits per heavy atom. The lowest BCUT2D eigenvalue weighted by Gasteiger charge is -2.09. The van der Waals surface area contributed by atoms with Gasteiger partial charge in [-0.25, -0.2) is 9.97 Å². The quantitative estimate of drug-likeness (QED) is 0.670. The molecule has 1 N–H and O–H groups in total. The van der Waals surface area contributed by atoms with Crippen LogP contribution in [0.2, 0.25) is 0 Å². The zero-order valence-electron chi connectivity index (χ0n) is 12.0. The van der Waals surface area contributed by atoms with Crippen molar-refractivity contribution in [2.24, 2.45) is 0 Å². The second-order valence-electron chi connectivity index (χ2n) is 4.58. The second-order valence-corrected chi connectivity index (χ2v) is 5.38. The average Bonchev–Trinajstić information content (AvgIpc) is 3.02. The summed E-state index contributed by atoms with van der Waals surface area (Å²) in [6, 6.07) is 8.05. The van der Waals surface area contributed by atoms with E-state index in [1.807, 2.05) is 24.5 Å². The van der Waals surface area contributed by atoms with Crippen LogP contribution in [-0.4, -0.2) is 29.6 Å². The molecule has 0 aliphatic carbocycles. The van der Waals surface area contributed by atoms with E-state index >= 15 is 0 Å². The molecule has 3 rings (SSSR count). The lowest BCUT2D eigenvalue weighted by Crippen LogP contribution is -2.09. The van der Waals surface area contributed by atoms with E-state index in [1.165, 1.54) is 18.1 Å². The normalized spacial score (nSPS) is 12.0. The highest BCUT2D eigenvalue weighted by atomic mass is 32.2. The summed E-state index contributed by atoms with van der Waals surface area (Å²) in [5.41, 5.74) is 1.62. The van der Waals surface area contributed by atoms with Gasteiger partial charge in [0.25, 0.3) is 0 Å². The van der Waals surface area contributed by atoms with Gasteiger partial charge in [-0.1, -0.05) is 6.07 Å². The Morgan fingerprint density at radius 1 is 1.32 bits per heavy atom. The van der Waals surface area contributed by atoms with E-state index in [4.69, 9.17) is 9.47 Å². The molecular formula is C15H14N4O2S. The fourth-order valence-corrected chi connectivity index (χ4v) is 2.68. The molecule has 7 heteroatoms. The maximum Gasteiger partial charge on any atom is 0.231 e. The van der Waals surface area contributed by atoms with Crippen molar-refractivity contribution in [3.63, 3.8) is 0 Å². The summed E-state index contributed by atoms with van der Waals surface area (Å²) < 4.78 is 10.7. The van der Waals surface area contributed by atoms with Crippen molar-refractivity contribution < 1.29 is 9.47 Å². The number of aromatic nitrogens is 2. The van der Waals surface area contributed by atoms with Crippen LogP contribution in [0.4, 0.5) is 5.82 Å². The molecule has 2 aromatic rings. The van der Waals surface area contributed by atoms with Gasteiger partial charge in [0, 0.05) is 6.54 Å². The maximum atomic E-state index is 9.24. The number of nitrogens with one attached hydrogen (secondary N) is 1. The molecule has 0 amide bonds. The zero-order chi connectivity index (χ0) is 15.4. The van der Waals surface area contributed by atoms with E-state index in [9.17, 15) is 5.26 Å². The molecule has 22 heavy (non-hydrogen) atoms. The highest BCUT2D eigenvalue weighted by molar-refractivity contribution is 7.98. The standard InChI is InChI=1S/C15H14N4O2S/c1-22-15-11(7-16)14(18-8-19-15)17-5-4-10-2-3-12-13(6-10)21-9-20-12/h2-3,6,8H,4-5,9H2,1H3,(H,17,18,19). The van der Waals surface area contributed by atoms with Gasteiger partial charge >= 0.3 is 0 Å². The third-order valence-electron chi connectivity index (χ3n) is 3.26. The Morgan fingerprint density at radius 2 is 2.18 bits per heavy atom. The van der Waals surface area contributed by atoms with Crippen LogP contribution >= 0.6 is 11.8 Å². The third-order valence-corrected chi connectivity index (χ3v) is 3.96. The van der Waals surface area contributed by atoms with Crippen LogP contribution in [0.25, 0.3) is 0 Å². The van der Waals surface area contributed by atoms with Gasteiger partial charge in [-0.2, -0.15) is 5.26 Å². The van der Waals surface area contributed by atoms with Gasteiger partial charge in [-0.3, -0.25) is 0 Å². The summed E-state index contributed by atoms with van der Waals surface area (Å²) in [5, 5.41) is 13.1. The molecule has 112 valence electrons.